The minimum Gasteiger partial charge on any atom is -0.755 e. The van der Waals surface area contributed by atoms with Gasteiger partial charge < -0.3 is 18.9 Å². The number of hydrogen-bond acceptors (Lipinski definition) is 5. The molecule has 2 atom stereocenters. The van der Waals surface area contributed by atoms with Crippen molar-refractivity contribution in [3.63, 3.8) is 0 Å². The molecule has 0 aliphatic carbocycles. The maximum Gasteiger partial charge on any atom is 0.335 e. The highest BCUT2D eigenvalue weighted by molar-refractivity contribution is 7.81. The first-order chi connectivity index (χ1) is 14.9. The zero-order valence-electron chi connectivity index (χ0n) is 17.3. The highest BCUT2D eigenvalue weighted by Crippen LogP contribution is 2.49. The molecule has 0 aromatic heterocycles. The van der Waals surface area contributed by atoms with Gasteiger partial charge in [-0.05, 0) is 35.4 Å². The quantitative estimate of drug-likeness (QED) is 0.574. The molecule has 160 valence electrons. The van der Waals surface area contributed by atoms with Gasteiger partial charge in [-0.1, -0.05) is 42.5 Å². The maximum atomic E-state index is 12.5. The van der Waals surface area contributed by atoms with Gasteiger partial charge in [0.25, 0.3) is 0 Å². The van der Waals surface area contributed by atoms with E-state index in [2.05, 4.69) is 0 Å². The van der Waals surface area contributed by atoms with Crippen molar-refractivity contribution in [3.8, 4) is 22.6 Å². The zero-order valence-corrected chi connectivity index (χ0v) is 18.1. The van der Waals surface area contributed by atoms with E-state index < -0.39 is 23.4 Å². The molecule has 8 heteroatoms. The Morgan fingerprint density at radius 1 is 1.06 bits per heavy atom. The van der Waals surface area contributed by atoms with Crippen LogP contribution in [0.25, 0.3) is 11.1 Å². The van der Waals surface area contributed by atoms with Gasteiger partial charge in [-0.2, -0.15) is 0 Å². The fourth-order valence-electron chi connectivity index (χ4n) is 3.67. The first kappa shape index (κ1) is 20.9. The highest BCUT2D eigenvalue weighted by Gasteiger charge is 2.31. The second kappa shape index (κ2) is 8.41. The predicted octanol–water partition coefficient (Wildman–Crippen LogP) is 4.13. The van der Waals surface area contributed by atoms with Crippen LogP contribution in [-0.4, -0.2) is 40.9 Å². The molecule has 0 fully saturated rings. The third kappa shape index (κ3) is 3.75. The molecule has 0 saturated carbocycles. The Hall–Kier alpha value is -3.36. The van der Waals surface area contributed by atoms with Gasteiger partial charge in [0.2, 0.25) is 0 Å². The monoisotopic (exact) mass is 437 g/mol. The number of carbonyl (C=O) groups is 1. The molecule has 31 heavy (non-hydrogen) atoms. The number of rotatable bonds is 4. The minimum absolute atomic E-state index is 0.230. The van der Waals surface area contributed by atoms with Crippen LogP contribution in [0, 0.1) is 0 Å². The molecule has 1 aliphatic heterocycles. The van der Waals surface area contributed by atoms with Crippen molar-refractivity contribution < 1.29 is 23.0 Å². The maximum absolute atomic E-state index is 12.5. The second-order valence-electron chi connectivity index (χ2n) is 7.20. The smallest absolute Gasteiger partial charge is 0.335 e. The van der Waals surface area contributed by atoms with Crippen LogP contribution in [0.1, 0.15) is 17.2 Å². The Kier molecular flexibility index (Phi) is 5.67. The third-order valence-corrected chi connectivity index (χ3v) is 5.75. The Morgan fingerprint density at radius 3 is 2.45 bits per heavy atom. The number of hydrogen-bond donors (Lipinski definition) is 0. The number of nitrogens with zero attached hydrogens (tertiary/aromatic N) is 2. The van der Waals surface area contributed by atoms with Crippen LogP contribution in [-0.2, 0) is 11.3 Å². The Bertz CT molecular complexity index is 1150. The van der Waals surface area contributed by atoms with Crippen LogP contribution in [0.15, 0.2) is 66.7 Å². The van der Waals surface area contributed by atoms with Crippen molar-refractivity contribution in [2.24, 2.45) is 0 Å². The van der Waals surface area contributed by atoms with E-state index in [1.165, 1.54) is 19.0 Å². The Balaban J connectivity index is 1.94. The molecule has 0 saturated heterocycles. The summed E-state index contributed by atoms with van der Waals surface area (Å²) < 4.78 is 36.4. The van der Waals surface area contributed by atoms with Crippen molar-refractivity contribution >= 4 is 23.0 Å². The summed E-state index contributed by atoms with van der Waals surface area (Å²) in [7, 11) is 4.58. The van der Waals surface area contributed by atoms with E-state index in [0.717, 1.165) is 26.6 Å². The van der Waals surface area contributed by atoms with Gasteiger partial charge in [-0.3, -0.25) is 4.21 Å². The second-order valence-corrected chi connectivity index (χ2v) is 8.00. The number of amides is 2. The van der Waals surface area contributed by atoms with Gasteiger partial charge in [0.05, 0.1) is 29.6 Å². The molecule has 3 aromatic carbocycles. The normalized spacial score (nSPS) is 15.2. The lowest BCUT2D eigenvalue weighted by Crippen LogP contribution is -2.40. The van der Waals surface area contributed by atoms with Gasteiger partial charge in [-0.15, -0.1) is 0 Å². The lowest BCUT2D eigenvalue weighted by atomic mass is 9.88. The standard InChI is InChI=1S/C23H22N2O5S/c1-24(2)23(26)25(31(27)28)16-12-13-17-18(14-16)22(15-8-5-4-6-9-15)30-20-11-7-10-19(29-3)21(17)20/h4-14,22H,1-3H3,(H,27,28)/p-1. The third-order valence-electron chi connectivity index (χ3n) is 5.08. The van der Waals surface area contributed by atoms with Crippen molar-refractivity contribution in [3.05, 3.63) is 77.9 Å². The summed E-state index contributed by atoms with van der Waals surface area (Å²) in [5, 5.41) is 0. The van der Waals surface area contributed by atoms with Crippen LogP contribution in [0.2, 0.25) is 0 Å². The van der Waals surface area contributed by atoms with E-state index in [1.807, 2.05) is 48.5 Å². The summed E-state index contributed by atoms with van der Waals surface area (Å²) in [5.41, 5.74) is 3.51. The molecule has 7 nitrogen and oxygen atoms in total. The fraction of sp³-hybridized carbons (Fsp3) is 0.174. The number of anilines is 1. The van der Waals surface area contributed by atoms with E-state index in [-0.39, 0.29) is 5.69 Å². The first-order valence-electron chi connectivity index (χ1n) is 9.56. The number of fused-ring (bicyclic) bond motifs is 3. The van der Waals surface area contributed by atoms with E-state index in [4.69, 9.17) is 9.47 Å². The number of carbonyl (C=O) groups excluding carboxylic acids is 1. The number of methoxy groups -OCH3 is 1. The molecule has 1 heterocycles. The van der Waals surface area contributed by atoms with Crippen molar-refractivity contribution in [1.29, 1.82) is 0 Å². The largest absolute Gasteiger partial charge is 0.755 e. The van der Waals surface area contributed by atoms with Crippen LogP contribution in [0.4, 0.5) is 10.5 Å². The molecule has 0 N–H and O–H groups in total. The molecule has 0 radical (unpaired) electrons. The molecule has 0 spiro atoms. The summed E-state index contributed by atoms with van der Waals surface area (Å²) in [6.07, 6.45) is -0.479. The van der Waals surface area contributed by atoms with E-state index in [1.54, 1.807) is 25.3 Å². The molecule has 3 aromatic rings. The zero-order chi connectivity index (χ0) is 22.1. The number of benzene rings is 3. The summed E-state index contributed by atoms with van der Waals surface area (Å²) >= 11 is -2.79. The lowest BCUT2D eigenvalue weighted by molar-refractivity contribution is 0.227. The minimum atomic E-state index is -2.79. The van der Waals surface area contributed by atoms with Gasteiger partial charge in [0.1, 0.15) is 17.6 Å². The van der Waals surface area contributed by atoms with E-state index in [0.29, 0.717) is 11.5 Å². The Labute approximate surface area is 183 Å². The number of urea groups is 1. The van der Waals surface area contributed by atoms with Crippen LogP contribution in [0.3, 0.4) is 0 Å². The van der Waals surface area contributed by atoms with Crippen LogP contribution >= 0.6 is 0 Å². The predicted molar refractivity (Wildman–Crippen MR) is 118 cm³/mol. The molecule has 2 unspecified atom stereocenters. The summed E-state index contributed by atoms with van der Waals surface area (Å²) in [5.74, 6) is 1.31. The van der Waals surface area contributed by atoms with Crippen molar-refractivity contribution in [1.82, 2.24) is 4.90 Å². The van der Waals surface area contributed by atoms with Gasteiger partial charge in [-0.25, -0.2) is 9.10 Å². The van der Waals surface area contributed by atoms with Crippen molar-refractivity contribution in [2.75, 3.05) is 25.5 Å². The van der Waals surface area contributed by atoms with Crippen molar-refractivity contribution in [2.45, 2.75) is 6.10 Å². The number of ether oxygens (including phenoxy) is 2. The van der Waals surface area contributed by atoms with E-state index in [9.17, 15) is 13.6 Å². The summed E-state index contributed by atoms with van der Waals surface area (Å²) in [6.45, 7) is 0. The molecule has 2 amide bonds. The molecule has 4 rings (SSSR count). The van der Waals surface area contributed by atoms with Gasteiger partial charge >= 0.3 is 6.03 Å². The van der Waals surface area contributed by atoms with Crippen LogP contribution < -0.4 is 13.8 Å². The molecule has 1 aliphatic rings. The summed E-state index contributed by atoms with van der Waals surface area (Å²) in [6, 6.07) is 19.6. The average molecular weight is 437 g/mol. The van der Waals surface area contributed by atoms with E-state index >= 15 is 0 Å². The average Bonchev–Trinajstić information content (AvgIpc) is 2.78. The molecular formula is C23H21N2O5S-. The SMILES string of the molecule is COc1cccc2c1-c1ccc(N(C(=O)N(C)C)S(=O)[O-])cc1C(c1ccccc1)O2. The molecule has 0 bridgehead atoms. The fourth-order valence-corrected chi connectivity index (χ4v) is 4.25. The first-order valence-corrected chi connectivity index (χ1v) is 10.6. The van der Waals surface area contributed by atoms with Gasteiger partial charge in [0, 0.05) is 19.7 Å². The summed E-state index contributed by atoms with van der Waals surface area (Å²) in [4.78, 5) is 13.7. The lowest BCUT2D eigenvalue weighted by Gasteiger charge is -2.32. The molecular weight excluding hydrogens is 416 g/mol. The van der Waals surface area contributed by atoms with Gasteiger partial charge in [0.15, 0.2) is 0 Å². The highest BCUT2D eigenvalue weighted by atomic mass is 32.2. The Morgan fingerprint density at radius 2 is 1.81 bits per heavy atom. The van der Waals surface area contributed by atoms with Crippen LogP contribution in [0.5, 0.6) is 11.5 Å². The topological polar surface area (TPSA) is 82.1 Å².